The van der Waals surface area contributed by atoms with Gasteiger partial charge in [0, 0.05) is 25.4 Å². The van der Waals surface area contributed by atoms with Crippen LogP contribution >= 0.6 is 0 Å². The molecule has 1 saturated heterocycles. The predicted octanol–water partition coefficient (Wildman–Crippen LogP) is 1.31. The molecule has 11 nitrogen and oxygen atoms in total. The first-order chi connectivity index (χ1) is 17.4. The van der Waals surface area contributed by atoms with E-state index in [1.807, 2.05) is 31.2 Å². The molecule has 1 aliphatic heterocycles. The lowest BCUT2D eigenvalue weighted by molar-refractivity contribution is -0.137. The van der Waals surface area contributed by atoms with Crippen LogP contribution in [0.5, 0.6) is 0 Å². The molecule has 0 bridgehead atoms. The number of nitrogens with one attached hydrogen (secondary N) is 2. The molecule has 186 valence electrons. The van der Waals surface area contributed by atoms with E-state index in [0.29, 0.717) is 23.4 Å². The zero-order valence-corrected chi connectivity index (χ0v) is 19.5. The number of halogens is 1. The third-order valence-electron chi connectivity index (χ3n) is 5.94. The fraction of sp³-hybridized carbons (Fsp3) is 0.292. The van der Waals surface area contributed by atoms with Crippen LogP contribution in [0.25, 0.3) is 22.6 Å². The summed E-state index contributed by atoms with van der Waals surface area (Å²) in [6, 6.07) is 9.21. The topological polar surface area (TPSA) is 147 Å². The maximum absolute atomic E-state index is 13.9. The molecule has 0 saturated carbocycles. The van der Waals surface area contributed by atoms with Crippen molar-refractivity contribution in [1.82, 2.24) is 29.8 Å². The number of carbonyl (C=O) groups is 1. The van der Waals surface area contributed by atoms with E-state index in [2.05, 4.69) is 30.6 Å². The molecule has 4 aromatic rings. The van der Waals surface area contributed by atoms with E-state index >= 15 is 0 Å². The predicted molar refractivity (Wildman–Crippen MR) is 127 cm³/mol. The first kappa shape index (κ1) is 23.7. The Morgan fingerprint density at radius 1 is 1.19 bits per heavy atom. The molecule has 1 amide bonds. The van der Waals surface area contributed by atoms with Gasteiger partial charge in [0.15, 0.2) is 35.1 Å². The van der Waals surface area contributed by atoms with E-state index in [1.54, 1.807) is 0 Å². The summed E-state index contributed by atoms with van der Waals surface area (Å²) in [7, 11) is 1.41. The van der Waals surface area contributed by atoms with Gasteiger partial charge in [0.05, 0.1) is 12.5 Å². The van der Waals surface area contributed by atoms with Crippen LogP contribution < -0.4 is 10.6 Å². The highest BCUT2D eigenvalue weighted by atomic mass is 19.1. The number of aryl methyl sites for hydroxylation is 1. The van der Waals surface area contributed by atoms with Gasteiger partial charge in [-0.1, -0.05) is 29.8 Å². The number of benzene rings is 1. The lowest BCUT2D eigenvalue weighted by atomic mass is 10.1. The van der Waals surface area contributed by atoms with Crippen LogP contribution in [0.2, 0.25) is 0 Å². The van der Waals surface area contributed by atoms with Gasteiger partial charge in [-0.05, 0) is 18.6 Å². The van der Waals surface area contributed by atoms with Crippen molar-refractivity contribution < 1.29 is 24.1 Å². The van der Waals surface area contributed by atoms with Gasteiger partial charge in [-0.15, -0.1) is 0 Å². The quantitative estimate of drug-likeness (QED) is 0.312. The summed E-state index contributed by atoms with van der Waals surface area (Å²) in [5, 5.41) is 26.7. The van der Waals surface area contributed by atoms with Gasteiger partial charge in [-0.25, -0.2) is 19.3 Å². The number of imidazole rings is 1. The molecule has 0 radical (unpaired) electrons. The number of aromatic nitrogens is 5. The minimum atomic E-state index is -1.46. The molecule has 4 unspecified atom stereocenters. The van der Waals surface area contributed by atoms with E-state index < -0.39 is 36.3 Å². The summed E-state index contributed by atoms with van der Waals surface area (Å²) in [5.41, 5.74) is 3.07. The SMILES string of the molecule is CNC(=O)C1OC(n2cnc3c(NCc4cccc(C)c4)nc(-c4cncc(F)c4)nc32)C(O)C1O. The molecule has 4 N–H and O–H groups in total. The summed E-state index contributed by atoms with van der Waals surface area (Å²) < 4.78 is 21.0. The van der Waals surface area contributed by atoms with E-state index in [-0.39, 0.29) is 11.5 Å². The number of aliphatic hydroxyl groups excluding tert-OH is 2. The van der Waals surface area contributed by atoms with Gasteiger partial charge in [-0.3, -0.25) is 14.3 Å². The molecule has 1 fully saturated rings. The molecule has 36 heavy (non-hydrogen) atoms. The van der Waals surface area contributed by atoms with Crippen LogP contribution in [0.3, 0.4) is 0 Å². The number of nitrogens with zero attached hydrogens (tertiary/aromatic N) is 5. The van der Waals surface area contributed by atoms with Crippen LogP contribution in [0.1, 0.15) is 17.4 Å². The summed E-state index contributed by atoms with van der Waals surface area (Å²) in [4.78, 5) is 29.5. The van der Waals surface area contributed by atoms with Crippen molar-refractivity contribution in [3.05, 3.63) is 66.0 Å². The second kappa shape index (κ2) is 9.57. The van der Waals surface area contributed by atoms with Crippen LogP contribution in [0, 0.1) is 12.7 Å². The molecule has 1 aliphatic rings. The first-order valence-corrected chi connectivity index (χ1v) is 11.2. The van der Waals surface area contributed by atoms with Gasteiger partial charge in [-0.2, -0.15) is 0 Å². The smallest absolute Gasteiger partial charge is 0.251 e. The van der Waals surface area contributed by atoms with Crippen LogP contribution in [0.4, 0.5) is 10.2 Å². The molecular weight excluding hydrogens is 469 g/mol. The number of rotatable bonds is 6. The van der Waals surface area contributed by atoms with Gasteiger partial charge < -0.3 is 25.6 Å². The summed E-state index contributed by atoms with van der Waals surface area (Å²) in [5.74, 6) is -0.588. The maximum atomic E-state index is 13.9. The van der Waals surface area contributed by atoms with Crippen LogP contribution in [0.15, 0.2) is 49.1 Å². The zero-order valence-electron chi connectivity index (χ0n) is 19.5. The molecule has 0 aliphatic carbocycles. The standard InChI is InChI=1S/C24H24FN7O4/c1-12-4-3-5-13(6-12)8-28-21-16-22(31-20(30-21)14-7-15(25)10-27-9-14)32(11-29-16)24-18(34)17(33)19(36-24)23(35)26-2/h3-7,9-11,17-19,24,33-34H,8H2,1-2H3,(H,26,35)(H,28,30,31). The number of hydrogen-bond donors (Lipinski definition) is 4. The van der Waals surface area contributed by atoms with Gasteiger partial charge in [0.25, 0.3) is 5.91 Å². The highest BCUT2D eigenvalue weighted by molar-refractivity contribution is 5.85. The highest BCUT2D eigenvalue weighted by Crippen LogP contribution is 2.33. The maximum Gasteiger partial charge on any atom is 0.251 e. The second-order valence-electron chi connectivity index (χ2n) is 8.50. The third kappa shape index (κ3) is 4.37. The number of likely N-dealkylation sites (N-methyl/N-ethyl adjacent to an activating group) is 1. The lowest BCUT2D eigenvalue weighted by Crippen LogP contribution is -2.41. The Labute approximate surface area is 205 Å². The number of carbonyl (C=O) groups excluding carboxylic acids is 1. The molecule has 1 aromatic carbocycles. The van der Waals surface area contributed by atoms with E-state index in [9.17, 15) is 19.4 Å². The normalized spacial score (nSPS) is 21.6. The number of ether oxygens (including phenoxy) is 1. The number of amides is 1. The Morgan fingerprint density at radius 3 is 2.78 bits per heavy atom. The summed E-state index contributed by atoms with van der Waals surface area (Å²) >= 11 is 0. The molecule has 3 aromatic heterocycles. The van der Waals surface area contributed by atoms with Crippen LogP contribution in [-0.2, 0) is 16.1 Å². The van der Waals surface area contributed by atoms with Crippen LogP contribution in [-0.4, -0.2) is 66.0 Å². The summed E-state index contributed by atoms with van der Waals surface area (Å²) in [6.07, 6.45) is -1.42. The number of anilines is 1. The molecular formula is C24H24FN7O4. The van der Waals surface area contributed by atoms with Crippen molar-refractivity contribution >= 4 is 22.9 Å². The largest absolute Gasteiger partial charge is 0.387 e. The minimum absolute atomic E-state index is 0.166. The van der Waals surface area contributed by atoms with E-state index in [0.717, 1.165) is 17.3 Å². The Balaban J connectivity index is 1.58. The molecule has 12 heteroatoms. The van der Waals surface area contributed by atoms with Gasteiger partial charge >= 0.3 is 0 Å². The van der Waals surface area contributed by atoms with Crippen molar-refractivity contribution in [2.75, 3.05) is 12.4 Å². The van der Waals surface area contributed by atoms with Crippen molar-refractivity contribution in [1.29, 1.82) is 0 Å². The van der Waals surface area contributed by atoms with E-state index in [4.69, 9.17) is 4.74 Å². The Hall–Kier alpha value is -4.00. The molecule has 4 atom stereocenters. The van der Waals surface area contributed by atoms with Crippen molar-refractivity contribution in [3.63, 3.8) is 0 Å². The fourth-order valence-corrected chi connectivity index (χ4v) is 4.15. The molecule has 5 rings (SSSR count). The van der Waals surface area contributed by atoms with Crippen molar-refractivity contribution in [3.8, 4) is 11.4 Å². The Kier molecular flexibility index (Phi) is 6.31. The average molecular weight is 493 g/mol. The van der Waals surface area contributed by atoms with Crippen molar-refractivity contribution in [2.24, 2.45) is 0 Å². The first-order valence-electron chi connectivity index (χ1n) is 11.2. The average Bonchev–Trinajstić information content (AvgIpc) is 3.43. The zero-order chi connectivity index (χ0) is 25.4. The Morgan fingerprint density at radius 2 is 2.03 bits per heavy atom. The lowest BCUT2D eigenvalue weighted by Gasteiger charge is -2.17. The molecule has 4 heterocycles. The number of aliphatic hydroxyl groups is 2. The van der Waals surface area contributed by atoms with Gasteiger partial charge in [0.1, 0.15) is 18.0 Å². The number of hydrogen-bond acceptors (Lipinski definition) is 9. The monoisotopic (exact) mass is 493 g/mol. The Bertz CT molecular complexity index is 1430. The fourth-order valence-electron chi connectivity index (χ4n) is 4.15. The highest BCUT2D eigenvalue weighted by Gasteiger charge is 2.47. The number of pyridine rings is 1. The van der Waals surface area contributed by atoms with Crippen molar-refractivity contribution in [2.45, 2.75) is 38.0 Å². The molecule has 0 spiro atoms. The van der Waals surface area contributed by atoms with Gasteiger partial charge in [0.2, 0.25) is 0 Å². The third-order valence-corrected chi connectivity index (χ3v) is 5.94. The summed E-state index contributed by atoms with van der Waals surface area (Å²) in [6.45, 7) is 2.43. The number of fused-ring (bicyclic) bond motifs is 1. The minimum Gasteiger partial charge on any atom is -0.387 e. The second-order valence-corrected chi connectivity index (χ2v) is 8.50. The van der Waals surface area contributed by atoms with E-state index in [1.165, 1.54) is 30.2 Å².